The first-order valence-corrected chi connectivity index (χ1v) is 9.56. The van der Waals surface area contributed by atoms with Crippen molar-refractivity contribution in [1.82, 2.24) is 10.6 Å². The molecule has 0 saturated heterocycles. The molecule has 6 nitrogen and oxygen atoms in total. The minimum atomic E-state index is 0.599. The van der Waals surface area contributed by atoms with Gasteiger partial charge in [-0.1, -0.05) is 18.2 Å². The van der Waals surface area contributed by atoms with Gasteiger partial charge in [0.25, 0.3) is 0 Å². The number of methoxy groups -OCH3 is 3. The highest BCUT2D eigenvalue weighted by molar-refractivity contribution is 5.79. The Morgan fingerprint density at radius 2 is 1.71 bits per heavy atom. The Hall–Kier alpha value is -2.89. The monoisotopic (exact) mass is 385 g/mol. The fourth-order valence-corrected chi connectivity index (χ4v) is 2.82. The van der Waals surface area contributed by atoms with E-state index in [9.17, 15) is 0 Å². The number of nitrogens with one attached hydrogen (secondary N) is 2. The van der Waals surface area contributed by atoms with Crippen LogP contribution in [-0.2, 0) is 13.0 Å². The summed E-state index contributed by atoms with van der Waals surface area (Å²) in [6.07, 6.45) is 1.93. The normalized spacial score (nSPS) is 11.1. The zero-order valence-corrected chi connectivity index (χ0v) is 17.2. The van der Waals surface area contributed by atoms with E-state index in [1.807, 2.05) is 36.4 Å². The summed E-state index contributed by atoms with van der Waals surface area (Å²) in [5, 5.41) is 6.68. The maximum absolute atomic E-state index is 5.37. The summed E-state index contributed by atoms with van der Waals surface area (Å²) in [7, 11) is 4.98. The number of hydrogen-bond donors (Lipinski definition) is 2. The highest BCUT2D eigenvalue weighted by atomic mass is 16.5. The van der Waals surface area contributed by atoms with Gasteiger partial charge in [0.05, 0.1) is 27.9 Å². The Morgan fingerprint density at radius 3 is 2.43 bits per heavy atom. The van der Waals surface area contributed by atoms with E-state index in [2.05, 4.69) is 28.6 Å². The lowest BCUT2D eigenvalue weighted by molar-refractivity contribution is 0.354. The van der Waals surface area contributed by atoms with Crippen molar-refractivity contribution < 1.29 is 14.2 Å². The molecule has 0 heterocycles. The molecule has 28 heavy (non-hydrogen) atoms. The van der Waals surface area contributed by atoms with Crippen LogP contribution in [0.15, 0.2) is 47.5 Å². The fourth-order valence-electron chi connectivity index (χ4n) is 2.82. The number of aryl methyl sites for hydroxylation is 1. The molecule has 0 atom stereocenters. The van der Waals surface area contributed by atoms with Crippen LogP contribution in [0.1, 0.15) is 24.5 Å². The maximum atomic E-state index is 5.37. The molecular formula is C22H31N3O3. The number of hydrogen-bond acceptors (Lipinski definition) is 4. The van der Waals surface area contributed by atoms with Gasteiger partial charge in [-0.15, -0.1) is 0 Å². The average Bonchev–Trinajstić information content (AvgIpc) is 2.74. The topological polar surface area (TPSA) is 64.1 Å². The molecule has 0 bridgehead atoms. The SMILES string of the molecule is CCNC(=NCc1cccc(OC)c1)NCCCc1ccc(OC)c(OC)c1. The Labute approximate surface area is 167 Å². The van der Waals surface area contributed by atoms with Crippen molar-refractivity contribution in [2.75, 3.05) is 34.4 Å². The third-order valence-corrected chi connectivity index (χ3v) is 4.28. The van der Waals surface area contributed by atoms with E-state index >= 15 is 0 Å². The van der Waals surface area contributed by atoms with E-state index in [0.29, 0.717) is 6.54 Å². The highest BCUT2D eigenvalue weighted by Gasteiger charge is 2.05. The van der Waals surface area contributed by atoms with Gasteiger partial charge < -0.3 is 24.8 Å². The van der Waals surface area contributed by atoms with Crippen LogP contribution in [0.4, 0.5) is 0 Å². The van der Waals surface area contributed by atoms with E-state index in [4.69, 9.17) is 14.2 Å². The van der Waals surface area contributed by atoms with E-state index in [1.54, 1.807) is 21.3 Å². The predicted molar refractivity (Wildman–Crippen MR) is 114 cm³/mol. The van der Waals surface area contributed by atoms with Gasteiger partial charge >= 0.3 is 0 Å². The lowest BCUT2D eigenvalue weighted by atomic mass is 10.1. The second-order valence-corrected chi connectivity index (χ2v) is 6.27. The van der Waals surface area contributed by atoms with Crippen molar-refractivity contribution in [3.8, 4) is 17.2 Å². The Bertz CT molecular complexity index is 762. The van der Waals surface area contributed by atoms with Gasteiger partial charge in [0.15, 0.2) is 17.5 Å². The Balaban J connectivity index is 1.85. The van der Waals surface area contributed by atoms with E-state index in [1.165, 1.54) is 5.56 Å². The van der Waals surface area contributed by atoms with Gasteiger partial charge in [-0.25, -0.2) is 4.99 Å². The van der Waals surface area contributed by atoms with Gasteiger partial charge in [0, 0.05) is 13.1 Å². The van der Waals surface area contributed by atoms with E-state index in [0.717, 1.165) is 54.7 Å². The van der Waals surface area contributed by atoms with Crippen LogP contribution in [0, 0.1) is 0 Å². The third-order valence-electron chi connectivity index (χ3n) is 4.28. The number of benzene rings is 2. The predicted octanol–water partition coefficient (Wildman–Crippen LogP) is 3.40. The van der Waals surface area contributed by atoms with Gasteiger partial charge in [-0.05, 0) is 55.2 Å². The summed E-state index contributed by atoms with van der Waals surface area (Å²) in [4.78, 5) is 4.66. The standard InChI is InChI=1S/C22H31N3O3/c1-5-23-22(25-16-18-8-6-10-19(14-18)26-2)24-13-7-9-17-11-12-20(27-3)21(15-17)28-4/h6,8,10-12,14-15H,5,7,9,13,16H2,1-4H3,(H2,23,24,25). The summed E-state index contributed by atoms with van der Waals surface area (Å²) in [5.74, 6) is 3.18. The molecular weight excluding hydrogens is 354 g/mol. The molecule has 0 aliphatic carbocycles. The van der Waals surface area contributed by atoms with Crippen LogP contribution in [-0.4, -0.2) is 40.4 Å². The van der Waals surface area contributed by atoms with Crippen LogP contribution in [0.3, 0.4) is 0 Å². The maximum Gasteiger partial charge on any atom is 0.191 e. The van der Waals surface area contributed by atoms with E-state index in [-0.39, 0.29) is 0 Å². The Kier molecular flexibility index (Phi) is 8.98. The molecule has 2 aromatic rings. The molecule has 0 fully saturated rings. The van der Waals surface area contributed by atoms with Gasteiger partial charge in [0.1, 0.15) is 5.75 Å². The largest absolute Gasteiger partial charge is 0.497 e. The fraction of sp³-hybridized carbons (Fsp3) is 0.409. The van der Waals surface area contributed by atoms with Crippen LogP contribution in [0.2, 0.25) is 0 Å². The van der Waals surface area contributed by atoms with Crippen molar-refractivity contribution in [1.29, 1.82) is 0 Å². The van der Waals surface area contributed by atoms with Gasteiger partial charge in [0.2, 0.25) is 0 Å². The molecule has 6 heteroatoms. The summed E-state index contributed by atoms with van der Waals surface area (Å²) in [6.45, 7) is 4.31. The third kappa shape index (κ3) is 6.68. The quantitative estimate of drug-likeness (QED) is 0.373. The smallest absolute Gasteiger partial charge is 0.191 e. The van der Waals surface area contributed by atoms with Crippen molar-refractivity contribution in [2.24, 2.45) is 4.99 Å². The molecule has 0 aliphatic rings. The zero-order valence-electron chi connectivity index (χ0n) is 17.2. The molecule has 152 valence electrons. The molecule has 0 amide bonds. The highest BCUT2D eigenvalue weighted by Crippen LogP contribution is 2.27. The molecule has 0 radical (unpaired) electrons. The minimum absolute atomic E-state index is 0.599. The molecule has 2 N–H and O–H groups in total. The number of ether oxygens (including phenoxy) is 3. The van der Waals surface area contributed by atoms with Crippen LogP contribution in [0.25, 0.3) is 0 Å². The van der Waals surface area contributed by atoms with Gasteiger partial charge in [-0.2, -0.15) is 0 Å². The van der Waals surface area contributed by atoms with Crippen molar-refractivity contribution in [2.45, 2.75) is 26.3 Å². The van der Waals surface area contributed by atoms with Crippen LogP contribution >= 0.6 is 0 Å². The lowest BCUT2D eigenvalue weighted by Gasteiger charge is -2.12. The second kappa shape index (κ2) is 11.7. The number of guanidine groups is 1. The first-order chi connectivity index (χ1) is 13.7. The summed E-state index contributed by atoms with van der Waals surface area (Å²) >= 11 is 0. The lowest BCUT2D eigenvalue weighted by Crippen LogP contribution is -2.37. The molecule has 0 saturated carbocycles. The van der Waals surface area contributed by atoms with Crippen LogP contribution < -0.4 is 24.8 Å². The molecule has 0 aromatic heterocycles. The molecule has 0 spiro atoms. The number of rotatable bonds is 10. The average molecular weight is 386 g/mol. The molecule has 2 rings (SSSR count). The number of nitrogens with zero attached hydrogens (tertiary/aromatic N) is 1. The van der Waals surface area contributed by atoms with Crippen molar-refractivity contribution in [3.05, 3.63) is 53.6 Å². The summed E-state index contributed by atoms with van der Waals surface area (Å²) in [5.41, 5.74) is 2.33. The van der Waals surface area contributed by atoms with Gasteiger partial charge in [-0.3, -0.25) is 0 Å². The molecule has 0 aliphatic heterocycles. The minimum Gasteiger partial charge on any atom is -0.497 e. The number of aliphatic imine (C=N–C) groups is 1. The zero-order chi connectivity index (χ0) is 20.2. The first kappa shape index (κ1) is 21.4. The van der Waals surface area contributed by atoms with Crippen molar-refractivity contribution in [3.63, 3.8) is 0 Å². The molecule has 2 aromatic carbocycles. The summed E-state index contributed by atoms with van der Waals surface area (Å²) in [6, 6.07) is 14.0. The second-order valence-electron chi connectivity index (χ2n) is 6.27. The van der Waals surface area contributed by atoms with E-state index < -0.39 is 0 Å². The van der Waals surface area contributed by atoms with Crippen LogP contribution in [0.5, 0.6) is 17.2 Å². The first-order valence-electron chi connectivity index (χ1n) is 9.56. The summed E-state index contributed by atoms with van der Waals surface area (Å²) < 4.78 is 15.9. The Morgan fingerprint density at radius 1 is 0.893 bits per heavy atom. The van der Waals surface area contributed by atoms with Crippen molar-refractivity contribution >= 4 is 5.96 Å². The molecule has 0 unspecified atom stereocenters.